The third-order valence-electron chi connectivity index (χ3n) is 4.62. The summed E-state index contributed by atoms with van der Waals surface area (Å²) >= 11 is 0. The fourth-order valence-corrected chi connectivity index (χ4v) is 3.70. The SMILES string of the molecule is CS(=O)(=O)OCCCCCCOCCCCOCCCCOCCCCCCOS(C)(=O)=O. The second kappa shape index (κ2) is 22.2. The molecule has 0 N–H and O–H groups in total. The van der Waals surface area contributed by atoms with Crippen LogP contribution in [0.4, 0.5) is 0 Å². The van der Waals surface area contributed by atoms with E-state index in [1.54, 1.807) is 0 Å². The lowest BCUT2D eigenvalue weighted by Crippen LogP contribution is -2.04. The fraction of sp³-hybridized carbons (Fsp3) is 1.00. The van der Waals surface area contributed by atoms with E-state index in [1.807, 2.05) is 0 Å². The largest absolute Gasteiger partial charge is 0.381 e. The summed E-state index contributed by atoms with van der Waals surface area (Å²) in [6.07, 6.45) is 13.5. The quantitative estimate of drug-likeness (QED) is 0.125. The highest BCUT2D eigenvalue weighted by Crippen LogP contribution is 2.04. The minimum absolute atomic E-state index is 0.265. The number of hydrogen-bond acceptors (Lipinski definition) is 9. The Morgan fingerprint density at radius 1 is 0.364 bits per heavy atom. The normalized spacial score (nSPS) is 12.4. The highest BCUT2D eigenvalue weighted by molar-refractivity contribution is 7.86. The van der Waals surface area contributed by atoms with Gasteiger partial charge in [-0.25, -0.2) is 0 Å². The van der Waals surface area contributed by atoms with Crippen LogP contribution in [0, 0.1) is 0 Å². The van der Waals surface area contributed by atoms with E-state index in [1.165, 1.54) is 0 Å². The molecule has 11 heteroatoms. The summed E-state index contributed by atoms with van der Waals surface area (Å²) in [4.78, 5) is 0. The van der Waals surface area contributed by atoms with Crippen molar-refractivity contribution < 1.29 is 39.4 Å². The molecule has 0 aliphatic heterocycles. The lowest BCUT2D eigenvalue weighted by atomic mass is 10.2. The molecule has 0 aromatic heterocycles. The van der Waals surface area contributed by atoms with Crippen LogP contribution in [-0.4, -0.2) is 82.2 Å². The van der Waals surface area contributed by atoms with Crippen molar-refractivity contribution >= 4 is 20.2 Å². The Hall–Kier alpha value is -0.300. The van der Waals surface area contributed by atoms with Gasteiger partial charge in [0, 0.05) is 39.6 Å². The molecule has 9 nitrogen and oxygen atoms in total. The van der Waals surface area contributed by atoms with Crippen molar-refractivity contribution in [1.82, 2.24) is 0 Å². The van der Waals surface area contributed by atoms with E-state index in [9.17, 15) is 16.8 Å². The molecule has 0 heterocycles. The predicted octanol–water partition coefficient (Wildman–Crippen LogP) is 3.67. The van der Waals surface area contributed by atoms with Crippen molar-refractivity contribution in [2.45, 2.75) is 77.0 Å². The molecule has 0 rings (SSSR count). The van der Waals surface area contributed by atoms with E-state index in [0.29, 0.717) is 0 Å². The number of rotatable bonds is 26. The van der Waals surface area contributed by atoms with Crippen LogP contribution in [-0.2, 0) is 42.8 Å². The van der Waals surface area contributed by atoms with Crippen LogP contribution in [0.15, 0.2) is 0 Å². The Labute approximate surface area is 202 Å². The number of unbranched alkanes of at least 4 members (excludes halogenated alkanes) is 8. The van der Waals surface area contributed by atoms with Crippen molar-refractivity contribution in [3.63, 3.8) is 0 Å². The zero-order chi connectivity index (χ0) is 24.7. The Bertz CT molecular complexity index is 568. The first-order chi connectivity index (χ1) is 15.7. The van der Waals surface area contributed by atoms with Gasteiger partial charge in [-0.15, -0.1) is 0 Å². The highest BCUT2D eigenvalue weighted by atomic mass is 32.2. The number of hydrogen-bond donors (Lipinski definition) is 0. The van der Waals surface area contributed by atoms with Crippen LogP contribution in [0.5, 0.6) is 0 Å². The molecular formula is C22H46O9S2. The van der Waals surface area contributed by atoms with Crippen molar-refractivity contribution in [2.24, 2.45) is 0 Å². The first-order valence-electron chi connectivity index (χ1n) is 12.1. The number of ether oxygens (including phenoxy) is 3. The first-order valence-corrected chi connectivity index (χ1v) is 15.8. The summed E-state index contributed by atoms with van der Waals surface area (Å²) in [5.74, 6) is 0. The van der Waals surface area contributed by atoms with E-state index in [4.69, 9.17) is 14.2 Å². The summed E-state index contributed by atoms with van der Waals surface area (Å²) in [6, 6.07) is 0. The minimum Gasteiger partial charge on any atom is -0.381 e. The van der Waals surface area contributed by atoms with E-state index < -0.39 is 20.2 Å². The minimum atomic E-state index is -3.31. The van der Waals surface area contributed by atoms with Crippen LogP contribution in [0.1, 0.15) is 77.0 Å². The molecule has 0 atom stereocenters. The Morgan fingerprint density at radius 3 is 0.818 bits per heavy atom. The Morgan fingerprint density at radius 2 is 0.576 bits per heavy atom. The fourth-order valence-electron chi connectivity index (χ4n) is 2.86. The van der Waals surface area contributed by atoms with Gasteiger partial charge in [-0.2, -0.15) is 16.8 Å². The van der Waals surface area contributed by atoms with Gasteiger partial charge in [0.25, 0.3) is 20.2 Å². The van der Waals surface area contributed by atoms with E-state index >= 15 is 0 Å². The summed E-state index contributed by atoms with van der Waals surface area (Å²) in [5, 5.41) is 0. The zero-order valence-corrected chi connectivity index (χ0v) is 22.3. The molecule has 0 aromatic rings. The molecule has 0 amide bonds. The summed E-state index contributed by atoms with van der Waals surface area (Å²) in [5.41, 5.74) is 0. The van der Waals surface area contributed by atoms with Gasteiger partial charge in [0.1, 0.15) is 0 Å². The third-order valence-corrected chi connectivity index (χ3v) is 5.81. The molecule has 0 saturated heterocycles. The van der Waals surface area contributed by atoms with Crippen LogP contribution in [0.25, 0.3) is 0 Å². The lowest BCUT2D eigenvalue weighted by Gasteiger charge is -2.07. The van der Waals surface area contributed by atoms with Crippen LogP contribution in [0.2, 0.25) is 0 Å². The summed E-state index contributed by atoms with van der Waals surface area (Å²) < 4.78 is 69.4. The molecule has 0 saturated carbocycles. The molecule has 0 unspecified atom stereocenters. The molecule has 0 radical (unpaired) electrons. The van der Waals surface area contributed by atoms with Gasteiger partial charge in [0.2, 0.25) is 0 Å². The standard InChI is InChI=1S/C22H46O9S2/c1-32(23,24)30-21-9-5-3-7-15-27-17-11-13-19-29-20-14-12-18-28-16-8-4-6-10-22-31-33(2,25)26/h3-22H2,1-2H3. The van der Waals surface area contributed by atoms with E-state index in [2.05, 4.69) is 8.37 Å². The maximum absolute atomic E-state index is 10.8. The second-order valence-corrected chi connectivity index (χ2v) is 11.4. The van der Waals surface area contributed by atoms with Gasteiger partial charge in [0.05, 0.1) is 25.7 Å². The first kappa shape index (κ1) is 32.7. The van der Waals surface area contributed by atoms with Crippen molar-refractivity contribution in [2.75, 3.05) is 65.4 Å². The molecule has 200 valence electrons. The molecular weight excluding hydrogens is 472 g/mol. The van der Waals surface area contributed by atoms with E-state index in [0.717, 1.165) is 129 Å². The molecule has 0 aromatic carbocycles. The smallest absolute Gasteiger partial charge is 0.264 e. The highest BCUT2D eigenvalue weighted by Gasteiger charge is 2.01. The molecule has 0 spiro atoms. The van der Waals surface area contributed by atoms with Gasteiger partial charge in [0.15, 0.2) is 0 Å². The van der Waals surface area contributed by atoms with Crippen LogP contribution >= 0.6 is 0 Å². The topological polar surface area (TPSA) is 114 Å². The molecule has 0 fully saturated rings. The Balaban J connectivity index is 3.09. The van der Waals surface area contributed by atoms with Crippen LogP contribution < -0.4 is 0 Å². The van der Waals surface area contributed by atoms with Gasteiger partial charge < -0.3 is 14.2 Å². The maximum Gasteiger partial charge on any atom is 0.264 e. The average molecular weight is 519 g/mol. The van der Waals surface area contributed by atoms with E-state index in [-0.39, 0.29) is 13.2 Å². The molecule has 0 aliphatic rings. The summed E-state index contributed by atoms with van der Waals surface area (Å²) in [6.45, 7) is 5.03. The van der Waals surface area contributed by atoms with Crippen LogP contribution in [0.3, 0.4) is 0 Å². The molecule has 0 aliphatic carbocycles. The van der Waals surface area contributed by atoms with Crippen molar-refractivity contribution in [1.29, 1.82) is 0 Å². The van der Waals surface area contributed by atoms with Gasteiger partial charge >= 0.3 is 0 Å². The van der Waals surface area contributed by atoms with Gasteiger partial charge in [-0.05, 0) is 51.4 Å². The predicted molar refractivity (Wildman–Crippen MR) is 129 cm³/mol. The maximum atomic E-state index is 10.8. The third kappa shape index (κ3) is 31.7. The van der Waals surface area contributed by atoms with Crippen molar-refractivity contribution in [3.05, 3.63) is 0 Å². The molecule has 33 heavy (non-hydrogen) atoms. The van der Waals surface area contributed by atoms with Gasteiger partial charge in [-0.1, -0.05) is 25.7 Å². The van der Waals surface area contributed by atoms with Crippen molar-refractivity contribution in [3.8, 4) is 0 Å². The van der Waals surface area contributed by atoms with Gasteiger partial charge in [-0.3, -0.25) is 8.37 Å². The Kier molecular flexibility index (Phi) is 22.0. The second-order valence-electron chi connectivity index (χ2n) is 8.13. The monoisotopic (exact) mass is 518 g/mol. The zero-order valence-electron chi connectivity index (χ0n) is 20.6. The average Bonchev–Trinajstić information content (AvgIpc) is 2.72. The summed E-state index contributed by atoms with van der Waals surface area (Å²) in [7, 11) is -6.62. The molecule has 0 bridgehead atoms. The lowest BCUT2D eigenvalue weighted by molar-refractivity contribution is 0.0889.